The van der Waals surface area contributed by atoms with Crippen LogP contribution in [-0.2, 0) is 9.59 Å². The van der Waals surface area contributed by atoms with Crippen molar-refractivity contribution in [2.75, 3.05) is 0 Å². The van der Waals surface area contributed by atoms with Crippen molar-refractivity contribution in [3.63, 3.8) is 0 Å². The molecule has 0 radical (unpaired) electrons. The van der Waals surface area contributed by atoms with Gasteiger partial charge in [-0.3, -0.25) is 9.59 Å². The van der Waals surface area contributed by atoms with Crippen LogP contribution in [0.5, 0.6) is 0 Å². The molecule has 3 rings (SSSR count). The monoisotopic (exact) mass is 338 g/mol. The van der Waals surface area contributed by atoms with E-state index < -0.39 is 0 Å². The smallest absolute Gasteiger partial charge is 0.270 e. The minimum Gasteiger partial charge on any atom is -0.325 e. The standard InChI is InChI=1S/C19H18N2O2S/c1-2-4-13-11-19(23)21-17-12-14(6-8-16(13)17)20-18(22)9-7-15-5-3-10-24-15/h3,5-12,16H,2,4H2,1H3,(H,21,23)/b9-7-,20-14?. The van der Waals surface area contributed by atoms with Gasteiger partial charge in [0, 0.05) is 28.6 Å². The molecule has 1 atom stereocenters. The van der Waals surface area contributed by atoms with Gasteiger partial charge in [-0.2, -0.15) is 0 Å². The summed E-state index contributed by atoms with van der Waals surface area (Å²) in [6, 6.07) is 3.87. The average molecular weight is 338 g/mol. The Labute approximate surface area is 145 Å². The molecule has 1 N–H and O–H groups in total. The summed E-state index contributed by atoms with van der Waals surface area (Å²) in [5, 5.41) is 4.81. The fourth-order valence-corrected chi connectivity index (χ4v) is 3.38. The van der Waals surface area contributed by atoms with Crippen molar-refractivity contribution in [2.45, 2.75) is 19.8 Å². The van der Waals surface area contributed by atoms with Crippen LogP contribution in [0, 0.1) is 5.92 Å². The van der Waals surface area contributed by atoms with Gasteiger partial charge in [0.15, 0.2) is 0 Å². The molecule has 1 unspecified atom stereocenters. The molecule has 1 aliphatic carbocycles. The molecule has 0 bridgehead atoms. The van der Waals surface area contributed by atoms with Crippen LogP contribution in [0.3, 0.4) is 0 Å². The Morgan fingerprint density at radius 3 is 3.04 bits per heavy atom. The summed E-state index contributed by atoms with van der Waals surface area (Å²) in [7, 11) is 0. The van der Waals surface area contributed by atoms with Gasteiger partial charge in [0.05, 0.1) is 5.71 Å². The Hall–Kier alpha value is -2.53. The number of thiophene rings is 1. The number of hydrogen-bond acceptors (Lipinski definition) is 3. The minimum atomic E-state index is -0.315. The molecule has 2 heterocycles. The quantitative estimate of drug-likeness (QED) is 0.852. The second-order valence-corrected chi connectivity index (χ2v) is 6.60. The average Bonchev–Trinajstić information content (AvgIpc) is 3.06. The molecule has 24 heavy (non-hydrogen) atoms. The molecule has 4 nitrogen and oxygen atoms in total. The Kier molecular flexibility index (Phi) is 5.01. The first-order valence-electron chi connectivity index (χ1n) is 7.91. The van der Waals surface area contributed by atoms with E-state index in [0.29, 0.717) is 5.71 Å². The number of nitrogens with zero attached hydrogens (tertiary/aromatic N) is 1. The molecule has 0 spiro atoms. The molecule has 0 saturated heterocycles. The number of nitrogens with one attached hydrogen (secondary N) is 1. The van der Waals surface area contributed by atoms with Crippen LogP contribution in [-0.4, -0.2) is 17.5 Å². The maximum absolute atomic E-state index is 12.0. The highest BCUT2D eigenvalue weighted by molar-refractivity contribution is 7.10. The van der Waals surface area contributed by atoms with E-state index in [1.54, 1.807) is 29.6 Å². The van der Waals surface area contributed by atoms with Gasteiger partial charge in [-0.1, -0.05) is 31.1 Å². The predicted octanol–water partition coefficient (Wildman–Crippen LogP) is 3.66. The third-order valence-electron chi connectivity index (χ3n) is 3.79. The van der Waals surface area contributed by atoms with Crippen molar-refractivity contribution in [3.8, 4) is 0 Å². The van der Waals surface area contributed by atoms with Crippen molar-refractivity contribution < 1.29 is 9.59 Å². The normalized spacial score (nSPS) is 21.5. The van der Waals surface area contributed by atoms with Gasteiger partial charge in [-0.05, 0) is 36.1 Å². The van der Waals surface area contributed by atoms with Crippen molar-refractivity contribution >= 4 is 34.9 Å². The topological polar surface area (TPSA) is 58.5 Å². The molecule has 1 aromatic heterocycles. The lowest BCUT2D eigenvalue weighted by Crippen LogP contribution is -2.33. The van der Waals surface area contributed by atoms with E-state index in [4.69, 9.17) is 0 Å². The lowest BCUT2D eigenvalue weighted by molar-refractivity contribution is -0.116. The van der Waals surface area contributed by atoms with Gasteiger partial charge in [-0.25, -0.2) is 4.99 Å². The highest BCUT2D eigenvalue weighted by atomic mass is 32.1. The van der Waals surface area contributed by atoms with Gasteiger partial charge in [0.25, 0.3) is 5.91 Å². The fraction of sp³-hybridized carbons (Fsp3) is 0.211. The maximum Gasteiger partial charge on any atom is 0.270 e. The maximum atomic E-state index is 12.0. The highest BCUT2D eigenvalue weighted by Gasteiger charge is 2.25. The lowest BCUT2D eigenvalue weighted by atomic mass is 9.85. The van der Waals surface area contributed by atoms with Gasteiger partial charge in [-0.15, -0.1) is 11.3 Å². The zero-order valence-electron chi connectivity index (χ0n) is 13.4. The number of carbonyl (C=O) groups is 2. The molecule has 2 amide bonds. The van der Waals surface area contributed by atoms with Gasteiger partial charge in [0.1, 0.15) is 0 Å². The molecule has 5 heteroatoms. The molecule has 0 aromatic carbocycles. The van der Waals surface area contributed by atoms with Crippen LogP contribution in [0.15, 0.2) is 64.2 Å². The molecular weight excluding hydrogens is 320 g/mol. The Morgan fingerprint density at radius 2 is 2.29 bits per heavy atom. The highest BCUT2D eigenvalue weighted by Crippen LogP contribution is 2.29. The van der Waals surface area contributed by atoms with Crippen LogP contribution in [0.25, 0.3) is 6.08 Å². The molecular formula is C19H18N2O2S. The second-order valence-electron chi connectivity index (χ2n) is 5.62. The summed E-state index contributed by atoms with van der Waals surface area (Å²) in [5.41, 5.74) is 2.45. The lowest BCUT2D eigenvalue weighted by Gasteiger charge is -2.27. The van der Waals surface area contributed by atoms with Crippen LogP contribution in [0.1, 0.15) is 24.6 Å². The van der Waals surface area contributed by atoms with E-state index >= 15 is 0 Å². The first-order valence-corrected chi connectivity index (χ1v) is 8.79. The Morgan fingerprint density at radius 1 is 1.42 bits per heavy atom. The van der Waals surface area contributed by atoms with Crippen LogP contribution < -0.4 is 5.32 Å². The first kappa shape index (κ1) is 16.3. The molecule has 2 aliphatic rings. The van der Waals surface area contributed by atoms with E-state index in [9.17, 15) is 9.59 Å². The molecule has 0 fully saturated rings. The number of carbonyl (C=O) groups excluding carboxylic acids is 2. The first-order chi connectivity index (χ1) is 11.7. The molecule has 0 saturated carbocycles. The third kappa shape index (κ3) is 3.86. The molecule has 1 aromatic rings. The SMILES string of the molecule is CCCC1=CC(=O)NC2=CC(=NC(=O)/C=C\c3cccs3)C=CC12. The van der Waals surface area contributed by atoms with Crippen molar-refractivity contribution in [3.05, 3.63) is 64.0 Å². The minimum absolute atomic E-state index is 0.0818. The van der Waals surface area contributed by atoms with Crippen molar-refractivity contribution in [2.24, 2.45) is 10.9 Å². The van der Waals surface area contributed by atoms with Crippen LogP contribution in [0.2, 0.25) is 0 Å². The van der Waals surface area contributed by atoms with Crippen molar-refractivity contribution in [1.82, 2.24) is 5.32 Å². The van der Waals surface area contributed by atoms with E-state index in [1.165, 1.54) is 6.08 Å². The summed E-state index contributed by atoms with van der Waals surface area (Å²) < 4.78 is 0. The van der Waals surface area contributed by atoms with Crippen LogP contribution >= 0.6 is 11.3 Å². The molecule has 122 valence electrons. The van der Waals surface area contributed by atoms with Gasteiger partial charge in [0.2, 0.25) is 5.91 Å². The number of aliphatic imine (C=N–C) groups is 1. The number of amides is 2. The van der Waals surface area contributed by atoms with Gasteiger partial charge >= 0.3 is 0 Å². The number of allylic oxidation sites excluding steroid dienone is 3. The molecule has 1 aliphatic heterocycles. The fourth-order valence-electron chi connectivity index (χ4n) is 2.76. The summed E-state index contributed by atoms with van der Waals surface area (Å²) in [6.07, 6.45) is 12.4. The summed E-state index contributed by atoms with van der Waals surface area (Å²) in [5.74, 6) is -0.345. The van der Waals surface area contributed by atoms with Crippen molar-refractivity contribution in [1.29, 1.82) is 0 Å². The van der Waals surface area contributed by atoms with Crippen LogP contribution in [0.4, 0.5) is 0 Å². The predicted molar refractivity (Wildman–Crippen MR) is 97.6 cm³/mol. The van der Waals surface area contributed by atoms with E-state index in [-0.39, 0.29) is 17.7 Å². The van der Waals surface area contributed by atoms with Gasteiger partial charge < -0.3 is 5.32 Å². The third-order valence-corrected chi connectivity index (χ3v) is 4.63. The second kappa shape index (κ2) is 7.36. The number of hydrogen-bond donors (Lipinski definition) is 1. The summed E-state index contributed by atoms with van der Waals surface area (Å²) in [4.78, 5) is 28.9. The largest absolute Gasteiger partial charge is 0.325 e. The van der Waals surface area contributed by atoms with E-state index in [0.717, 1.165) is 29.0 Å². The number of fused-ring (bicyclic) bond motifs is 1. The zero-order valence-corrected chi connectivity index (χ0v) is 14.2. The van der Waals surface area contributed by atoms with E-state index in [2.05, 4.69) is 17.2 Å². The Bertz CT molecular complexity index is 795. The zero-order chi connectivity index (χ0) is 16.9. The summed E-state index contributed by atoms with van der Waals surface area (Å²) >= 11 is 1.56. The Balaban J connectivity index is 1.76. The van der Waals surface area contributed by atoms with E-state index in [1.807, 2.05) is 29.7 Å². The summed E-state index contributed by atoms with van der Waals surface area (Å²) in [6.45, 7) is 2.09. The number of rotatable bonds is 4.